The Bertz CT molecular complexity index is 493. The first-order chi connectivity index (χ1) is 6.68. The summed E-state index contributed by atoms with van der Waals surface area (Å²) < 4.78 is 1.15. The van der Waals surface area contributed by atoms with E-state index in [9.17, 15) is 4.79 Å². The van der Waals surface area contributed by atoms with Gasteiger partial charge >= 0.3 is 0 Å². The molecule has 0 unspecified atom stereocenters. The van der Waals surface area contributed by atoms with Crippen molar-refractivity contribution < 1.29 is 0 Å². The van der Waals surface area contributed by atoms with Crippen LogP contribution in [0.25, 0.3) is 11.4 Å². The molecule has 5 N–H and O–H groups in total. The minimum atomic E-state index is -0.190. The summed E-state index contributed by atoms with van der Waals surface area (Å²) in [6.45, 7) is 0. The molecule has 14 heavy (non-hydrogen) atoms. The second kappa shape index (κ2) is 2.87. The SMILES string of the molecule is Nc1nnc(-c2ccc(=O)[nH]c2)n1N. The molecule has 72 valence electrons. The quantitative estimate of drug-likeness (QED) is 0.497. The van der Waals surface area contributed by atoms with Crippen LogP contribution in [0.1, 0.15) is 0 Å². The molecule has 0 saturated heterocycles. The number of nitrogens with two attached hydrogens (primary N) is 2. The molecule has 2 heterocycles. The Labute approximate surface area is 78.3 Å². The molecule has 2 aromatic heterocycles. The average Bonchev–Trinajstić information content (AvgIpc) is 2.50. The fraction of sp³-hybridized carbons (Fsp3) is 0. The van der Waals surface area contributed by atoms with E-state index in [1.54, 1.807) is 6.07 Å². The lowest BCUT2D eigenvalue weighted by Crippen LogP contribution is -2.14. The summed E-state index contributed by atoms with van der Waals surface area (Å²) >= 11 is 0. The van der Waals surface area contributed by atoms with E-state index in [2.05, 4.69) is 15.2 Å². The molecule has 0 amide bonds. The van der Waals surface area contributed by atoms with Gasteiger partial charge in [0.05, 0.1) is 0 Å². The zero-order valence-electron chi connectivity index (χ0n) is 7.14. The van der Waals surface area contributed by atoms with E-state index in [-0.39, 0.29) is 11.5 Å². The van der Waals surface area contributed by atoms with Crippen molar-refractivity contribution in [2.24, 2.45) is 0 Å². The highest BCUT2D eigenvalue weighted by atomic mass is 16.1. The number of nitrogens with zero attached hydrogens (tertiary/aromatic N) is 3. The summed E-state index contributed by atoms with van der Waals surface area (Å²) in [5.41, 5.74) is 5.86. The lowest BCUT2D eigenvalue weighted by Gasteiger charge is -1.99. The van der Waals surface area contributed by atoms with Gasteiger partial charge in [-0.25, -0.2) is 4.68 Å². The van der Waals surface area contributed by atoms with Crippen LogP contribution >= 0.6 is 0 Å². The summed E-state index contributed by atoms with van der Waals surface area (Å²) in [4.78, 5) is 13.3. The summed E-state index contributed by atoms with van der Waals surface area (Å²) in [5, 5.41) is 7.34. The summed E-state index contributed by atoms with van der Waals surface area (Å²) in [6, 6.07) is 2.96. The Morgan fingerprint density at radius 3 is 2.64 bits per heavy atom. The summed E-state index contributed by atoms with van der Waals surface area (Å²) in [5.74, 6) is 6.07. The van der Waals surface area contributed by atoms with Crippen LogP contribution in [0, 0.1) is 0 Å². The van der Waals surface area contributed by atoms with E-state index in [0.717, 1.165) is 4.68 Å². The molecule has 0 spiro atoms. The molecule has 0 atom stereocenters. The largest absolute Gasteiger partial charge is 0.366 e. The van der Waals surface area contributed by atoms with Gasteiger partial charge in [-0.1, -0.05) is 0 Å². The Kier molecular flexibility index (Phi) is 1.70. The first kappa shape index (κ1) is 8.30. The molecule has 0 aliphatic carbocycles. The molecule has 0 aromatic carbocycles. The third kappa shape index (κ3) is 1.20. The van der Waals surface area contributed by atoms with Crippen molar-refractivity contribution in [3.63, 3.8) is 0 Å². The van der Waals surface area contributed by atoms with Crippen molar-refractivity contribution in [3.8, 4) is 11.4 Å². The van der Waals surface area contributed by atoms with Crippen LogP contribution in [-0.2, 0) is 0 Å². The highest BCUT2D eigenvalue weighted by Gasteiger charge is 2.08. The van der Waals surface area contributed by atoms with Gasteiger partial charge in [-0.3, -0.25) is 4.79 Å². The van der Waals surface area contributed by atoms with Crippen LogP contribution < -0.4 is 17.1 Å². The molecule has 7 nitrogen and oxygen atoms in total. The van der Waals surface area contributed by atoms with Gasteiger partial charge in [-0.2, -0.15) is 0 Å². The first-order valence-electron chi connectivity index (χ1n) is 3.83. The molecule has 7 heteroatoms. The van der Waals surface area contributed by atoms with E-state index < -0.39 is 0 Å². The molecule has 0 aliphatic rings. The summed E-state index contributed by atoms with van der Waals surface area (Å²) in [7, 11) is 0. The minimum Gasteiger partial charge on any atom is -0.366 e. The number of aromatic amines is 1. The lowest BCUT2D eigenvalue weighted by molar-refractivity contribution is 1.02. The van der Waals surface area contributed by atoms with E-state index >= 15 is 0 Å². The number of nitrogen functional groups attached to an aromatic ring is 2. The van der Waals surface area contributed by atoms with E-state index in [0.29, 0.717) is 11.4 Å². The van der Waals surface area contributed by atoms with Gasteiger partial charge < -0.3 is 16.6 Å². The van der Waals surface area contributed by atoms with Crippen LogP contribution in [0.4, 0.5) is 5.95 Å². The molecule has 2 aromatic rings. The van der Waals surface area contributed by atoms with Gasteiger partial charge in [-0.05, 0) is 6.07 Å². The van der Waals surface area contributed by atoms with Gasteiger partial charge in [-0.15, -0.1) is 10.2 Å². The molecular weight excluding hydrogens is 184 g/mol. The number of nitrogens with one attached hydrogen (secondary N) is 1. The van der Waals surface area contributed by atoms with Crippen molar-refractivity contribution in [1.82, 2.24) is 19.9 Å². The number of rotatable bonds is 1. The number of H-pyrrole nitrogens is 1. The monoisotopic (exact) mass is 192 g/mol. The predicted molar refractivity (Wildman–Crippen MR) is 50.6 cm³/mol. The standard InChI is InChI=1S/C7H8N6O/c8-7-12-11-6(13(7)9)4-1-2-5(14)10-3-4/h1-3H,9H2,(H2,8,12)(H,10,14). The minimum absolute atomic E-state index is 0.117. The van der Waals surface area contributed by atoms with Gasteiger partial charge in [0, 0.05) is 17.8 Å². The molecule has 0 radical (unpaired) electrons. The Morgan fingerprint density at radius 2 is 2.14 bits per heavy atom. The van der Waals surface area contributed by atoms with E-state index in [1.165, 1.54) is 12.3 Å². The normalized spacial score (nSPS) is 10.3. The van der Waals surface area contributed by atoms with Crippen molar-refractivity contribution in [1.29, 1.82) is 0 Å². The Hall–Kier alpha value is -2.31. The maximum Gasteiger partial charge on any atom is 0.247 e. The van der Waals surface area contributed by atoms with E-state index in [1.807, 2.05) is 0 Å². The molecule has 0 bridgehead atoms. The van der Waals surface area contributed by atoms with Crippen molar-refractivity contribution in [3.05, 3.63) is 28.7 Å². The zero-order valence-corrected chi connectivity index (χ0v) is 7.14. The second-order valence-corrected chi connectivity index (χ2v) is 2.69. The van der Waals surface area contributed by atoms with Gasteiger partial charge in [0.2, 0.25) is 11.5 Å². The maximum atomic E-state index is 10.8. The fourth-order valence-corrected chi connectivity index (χ4v) is 1.05. The second-order valence-electron chi connectivity index (χ2n) is 2.69. The number of pyridine rings is 1. The maximum absolute atomic E-state index is 10.8. The van der Waals surface area contributed by atoms with Gasteiger partial charge in [0.1, 0.15) is 0 Å². The third-order valence-electron chi connectivity index (χ3n) is 1.76. The molecule has 0 aliphatic heterocycles. The van der Waals surface area contributed by atoms with Crippen molar-refractivity contribution in [2.75, 3.05) is 11.6 Å². The van der Waals surface area contributed by atoms with Crippen LogP contribution in [0.15, 0.2) is 23.1 Å². The van der Waals surface area contributed by atoms with Crippen molar-refractivity contribution >= 4 is 5.95 Å². The van der Waals surface area contributed by atoms with Crippen LogP contribution in [-0.4, -0.2) is 19.9 Å². The molecule has 0 saturated carbocycles. The molecular formula is C7H8N6O. The Morgan fingerprint density at radius 1 is 1.36 bits per heavy atom. The average molecular weight is 192 g/mol. The topological polar surface area (TPSA) is 116 Å². The number of hydrogen-bond donors (Lipinski definition) is 3. The highest BCUT2D eigenvalue weighted by molar-refractivity contribution is 5.55. The summed E-state index contributed by atoms with van der Waals surface area (Å²) in [6.07, 6.45) is 1.50. The Balaban J connectivity index is 2.55. The fourth-order valence-electron chi connectivity index (χ4n) is 1.05. The lowest BCUT2D eigenvalue weighted by atomic mass is 10.3. The number of hydrogen-bond acceptors (Lipinski definition) is 5. The third-order valence-corrected chi connectivity index (χ3v) is 1.76. The molecule has 0 fully saturated rings. The highest BCUT2D eigenvalue weighted by Crippen LogP contribution is 2.13. The van der Waals surface area contributed by atoms with Crippen molar-refractivity contribution in [2.45, 2.75) is 0 Å². The van der Waals surface area contributed by atoms with E-state index in [4.69, 9.17) is 11.6 Å². The van der Waals surface area contributed by atoms with Gasteiger partial charge in [0.15, 0.2) is 5.82 Å². The number of anilines is 1. The smallest absolute Gasteiger partial charge is 0.247 e. The van der Waals surface area contributed by atoms with Gasteiger partial charge in [0.25, 0.3) is 0 Å². The van der Waals surface area contributed by atoms with Crippen LogP contribution in [0.5, 0.6) is 0 Å². The first-order valence-corrected chi connectivity index (χ1v) is 3.83. The number of aromatic nitrogens is 4. The van der Waals surface area contributed by atoms with Crippen LogP contribution in [0.2, 0.25) is 0 Å². The zero-order chi connectivity index (χ0) is 10.1. The molecule has 2 rings (SSSR count). The predicted octanol–water partition coefficient (Wildman–Crippen LogP) is -1.07. The van der Waals surface area contributed by atoms with Crippen LogP contribution in [0.3, 0.4) is 0 Å².